The third-order valence-electron chi connectivity index (χ3n) is 6.99. The number of morpholine rings is 2. The maximum Gasteiger partial charge on any atom is 0.330 e. The van der Waals surface area contributed by atoms with Gasteiger partial charge in [-0.25, -0.2) is 9.69 Å². The van der Waals surface area contributed by atoms with Crippen LogP contribution in [0.4, 0.5) is 4.79 Å². The maximum atomic E-state index is 13.8. The van der Waals surface area contributed by atoms with Crippen LogP contribution in [0.5, 0.6) is 5.75 Å². The molecule has 0 aromatic heterocycles. The summed E-state index contributed by atoms with van der Waals surface area (Å²) in [4.78, 5) is 34.8. The number of amides is 3. The van der Waals surface area contributed by atoms with E-state index in [1.54, 1.807) is 4.90 Å². The molecule has 1 atom stereocenters. The molecular formula is C25H38N4O5. The van der Waals surface area contributed by atoms with Crippen LogP contribution < -0.4 is 4.74 Å². The van der Waals surface area contributed by atoms with Crippen LogP contribution in [0, 0.1) is 0 Å². The molecule has 0 bridgehead atoms. The molecule has 0 saturated carbocycles. The largest absolute Gasteiger partial charge is 0.494 e. The van der Waals surface area contributed by atoms with E-state index in [2.05, 4.69) is 16.7 Å². The summed E-state index contributed by atoms with van der Waals surface area (Å²) < 4.78 is 16.8. The summed E-state index contributed by atoms with van der Waals surface area (Å²) in [6.45, 7) is 10.8. The van der Waals surface area contributed by atoms with Gasteiger partial charge in [-0.2, -0.15) is 0 Å². The number of hydrogen-bond acceptors (Lipinski definition) is 7. The predicted molar refractivity (Wildman–Crippen MR) is 127 cm³/mol. The van der Waals surface area contributed by atoms with Crippen molar-refractivity contribution in [2.45, 2.75) is 38.6 Å². The minimum Gasteiger partial charge on any atom is -0.494 e. The maximum absolute atomic E-state index is 13.8. The summed E-state index contributed by atoms with van der Waals surface area (Å²) in [7, 11) is 0. The van der Waals surface area contributed by atoms with Gasteiger partial charge in [-0.1, -0.05) is 31.9 Å². The van der Waals surface area contributed by atoms with Gasteiger partial charge in [0.1, 0.15) is 11.3 Å². The van der Waals surface area contributed by atoms with Gasteiger partial charge in [0.05, 0.1) is 46.4 Å². The molecule has 0 aliphatic carbocycles. The van der Waals surface area contributed by atoms with Crippen LogP contribution in [0.3, 0.4) is 0 Å². The number of rotatable bonds is 10. The Morgan fingerprint density at radius 2 is 1.47 bits per heavy atom. The van der Waals surface area contributed by atoms with Crippen LogP contribution in [-0.2, 0) is 19.8 Å². The van der Waals surface area contributed by atoms with Gasteiger partial charge < -0.3 is 14.2 Å². The van der Waals surface area contributed by atoms with E-state index < -0.39 is 5.54 Å². The molecule has 9 heteroatoms. The van der Waals surface area contributed by atoms with Gasteiger partial charge in [-0.3, -0.25) is 19.5 Å². The van der Waals surface area contributed by atoms with Gasteiger partial charge in [-0.05, 0) is 31.0 Å². The molecule has 188 valence electrons. The van der Waals surface area contributed by atoms with Gasteiger partial charge in [0.2, 0.25) is 0 Å². The van der Waals surface area contributed by atoms with E-state index in [1.165, 1.54) is 4.90 Å². The number of carbonyl (C=O) groups excluding carboxylic acids is 2. The van der Waals surface area contributed by atoms with Crippen LogP contribution >= 0.6 is 0 Å². The van der Waals surface area contributed by atoms with E-state index in [9.17, 15) is 9.59 Å². The van der Waals surface area contributed by atoms with Crippen molar-refractivity contribution < 1.29 is 23.8 Å². The highest BCUT2D eigenvalue weighted by Gasteiger charge is 2.56. The number of unbranched alkanes of at least 4 members (excludes halogenated alkanes) is 2. The lowest BCUT2D eigenvalue weighted by atomic mass is 9.90. The van der Waals surface area contributed by atoms with Crippen molar-refractivity contribution >= 4 is 11.9 Å². The first-order valence-corrected chi connectivity index (χ1v) is 12.5. The molecule has 0 radical (unpaired) electrons. The highest BCUT2D eigenvalue weighted by atomic mass is 16.5. The molecule has 1 unspecified atom stereocenters. The Balaban J connectivity index is 1.55. The summed E-state index contributed by atoms with van der Waals surface area (Å²) in [5.41, 5.74) is -0.285. The van der Waals surface area contributed by atoms with Crippen molar-refractivity contribution in [3.8, 4) is 5.75 Å². The quantitative estimate of drug-likeness (QED) is 0.381. The van der Waals surface area contributed by atoms with Gasteiger partial charge >= 0.3 is 6.03 Å². The summed E-state index contributed by atoms with van der Waals surface area (Å²) in [6, 6.07) is 7.41. The first-order valence-electron chi connectivity index (χ1n) is 12.5. The second-order valence-corrected chi connectivity index (χ2v) is 9.34. The lowest BCUT2D eigenvalue weighted by Gasteiger charge is -2.37. The average molecular weight is 475 g/mol. The molecule has 0 spiro atoms. The lowest BCUT2D eigenvalue weighted by Crippen LogP contribution is -2.51. The Labute approximate surface area is 202 Å². The molecule has 3 amide bonds. The standard InChI is InChI=1S/C25H38N4O5/c1-3-4-5-14-34-22-8-6-21(7-9-22)25(2)23(30)28(19-26-10-15-32-16-11-26)24(31)29(25)20-27-12-17-33-18-13-27/h6-9H,3-5,10-20H2,1-2H3. The third-order valence-corrected chi connectivity index (χ3v) is 6.99. The van der Waals surface area contributed by atoms with Crippen LogP contribution in [0.15, 0.2) is 24.3 Å². The smallest absolute Gasteiger partial charge is 0.330 e. The zero-order valence-corrected chi connectivity index (χ0v) is 20.5. The van der Waals surface area contributed by atoms with E-state index in [0.717, 1.165) is 43.7 Å². The molecule has 3 fully saturated rings. The molecule has 9 nitrogen and oxygen atoms in total. The van der Waals surface area contributed by atoms with Crippen molar-refractivity contribution in [2.24, 2.45) is 0 Å². The molecule has 1 aromatic carbocycles. The molecule has 3 heterocycles. The van der Waals surface area contributed by atoms with Crippen LogP contribution in [-0.4, -0.2) is 104 Å². The van der Waals surface area contributed by atoms with Gasteiger partial charge in [0.25, 0.3) is 5.91 Å². The number of ether oxygens (including phenoxy) is 3. The second-order valence-electron chi connectivity index (χ2n) is 9.34. The van der Waals surface area contributed by atoms with Gasteiger partial charge in [0, 0.05) is 26.2 Å². The van der Waals surface area contributed by atoms with E-state index in [1.807, 2.05) is 31.2 Å². The number of nitrogens with zero attached hydrogens (tertiary/aromatic N) is 4. The second kappa shape index (κ2) is 11.5. The Bertz CT molecular complexity index is 823. The lowest BCUT2D eigenvalue weighted by molar-refractivity contribution is -0.135. The molecule has 3 saturated heterocycles. The third kappa shape index (κ3) is 5.38. The Morgan fingerprint density at radius 1 is 0.882 bits per heavy atom. The van der Waals surface area contributed by atoms with Crippen molar-refractivity contribution in [1.82, 2.24) is 19.6 Å². The fourth-order valence-electron chi connectivity index (χ4n) is 4.71. The SMILES string of the molecule is CCCCCOc1ccc(C2(C)C(=O)N(CN3CCOCC3)C(=O)N2CN2CCOCC2)cc1. The van der Waals surface area contributed by atoms with Crippen LogP contribution in [0.25, 0.3) is 0 Å². The summed E-state index contributed by atoms with van der Waals surface area (Å²) >= 11 is 0. The normalized spacial score (nSPS) is 24.8. The van der Waals surface area contributed by atoms with Crippen LogP contribution in [0.2, 0.25) is 0 Å². The van der Waals surface area contributed by atoms with Crippen molar-refractivity contribution in [3.63, 3.8) is 0 Å². The zero-order chi connectivity index (χ0) is 24.0. The summed E-state index contributed by atoms with van der Waals surface area (Å²) in [5, 5.41) is 0. The fourth-order valence-corrected chi connectivity index (χ4v) is 4.71. The topological polar surface area (TPSA) is 74.8 Å². The Kier molecular flexibility index (Phi) is 8.41. The monoisotopic (exact) mass is 474 g/mol. The molecular weight excluding hydrogens is 436 g/mol. The molecule has 3 aliphatic rings. The highest BCUT2D eigenvalue weighted by molar-refractivity contribution is 6.07. The molecule has 34 heavy (non-hydrogen) atoms. The fraction of sp³-hybridized carbons (Fsp3) is 0.680. The summed E-state index contributed by atoms with van der Waals surface area (Å²) in [5.74, 6) is 0.596. The molecule has 0 N–H and O–H groups in total. The molecule has 3 aliphatic heterocycles. The van der Waals surface area contributed by atoms with E-state index in [0.29, 0.717) is 52.8 Å². The van der Waals surface area contributed by atoms with E-state index in [-0.39, 0.29) is 18.6 Å². The van der Waals surface area contributed by atoms with Crippen molar-refractivity contribution in [2.75, 3.05) is 72.6 Å². The first-order chi connectivity index (χ1) is 16.5. The minimum atomic E-state index is -1.08. The summed E-state index contributed by atoms with van der Waals surface area (Å²) in [6.07, 6.45) is 3.31. The Morgan fingerprint density at radius 3 is 2.06 bits per heavy atom. The number of benzene rings is 1. The van der Waals surface area contributed by atoms with Crippen molar-refractivity contribution in [3.05, 3.63) is 29.8 Å². The highest BCUT2D eigenvalue weighted by Crippen LogP contribution is 2.38. The number of carbonyl (C=O) groups is 2. The number of imide groups is 1. The zero-order valence-electron chi connectivity index (χ0n) is 20.5. The average Bonchev–Trinajstić information content (AvgIpc) is 3.05. The van der Waals surface area contributed by atoms with E-state index >= 15 is 0 Å². The van der Waals surface area contributed by atoms with E-state index in [4.69, 9.17) is 14.2 Å². The number of hydrogen-bond donors (Lipinski definition) is 0. The van der Waals surface area contributed by atoms with Crippen LogP contribution in [0.1, 0.15) is 38.7 Å². The number of urea groups is 1. The van der Waals surface area contributed by atoms with Gasteiger partial charge in [-0.15, -0.1) is 0 Å². The van der Waals surface area contributed by atoms with Gasteiger partial charge in [0.15, 0.2) is 0 Å². The minimum absolute atomic E-state index is 0.186. The predicted octanol–water partition coefficient (Wildman–Crippen LogP) is 2.31. The van der Waals surface area contributed by atoms with Crippen molar-refractivity contribution in [1.29, 1.82) is 0 Å². The first kappa shape index (κ1) is 24.9. The molecule has 4 rings (SSSR count). The Hall–Kier alpha value is -2.20. The molecule has 1 aromatic rings.